The van der Waals surface area contributed by atoms with E-state index in [2.05, 4.69) is 0 Å². The fourth-order valence-electron chi connectivity index (χ4n) is 3.46. The highest BCUT2D eigenvalue weighted by atomic mass is 16.5. The molecule has 0 spiro atoms. The topological polar surface area (TPSA) is 99.9 Å². The zero-order chi connectivity index (χ0) is 25.2. The van der Waals surface area contributed by atoms with Gasteiger partial charge in [0.05, 0.1) is 0 Å². The van der Waals surface area contributed by atoms with Gasteiger partial charge in [-0.1, -0.05) is 91.0 Å². The van der Waals surface area contributed by atoms with Crippen molar-refractivity contribution < 1.29 is 23.8 Å². The van der Waals surface area contributed by atoms with Crippen molar-refractivity contribution in [1.82, 2.24) is 5.43 Å². The normalized spacial score (nSPS) is 10.4. The summed E-state index contributed by atoms with van der Waals surface area (Å²) in [4.78, 5) is 24.7. The molecule has 0 aromatic heterocycles. The summed E-state index contributed by atoms with van der Waals surface area (Å²) in [6.45, 7) is 0.698. The van der Waals surface area contributed by atoms with Gasteiger partial charge in [-0.2, -0.15) is 0 Å². The predicted molar refractivity (Wildman–Crippen MR) is 135 cm³/mol. The van der Waals surface area contributed by atoms with Crippen LogP contribution in [0, 0.1) is 0 Å². The zero-order valence-corrected chi connectivity index (χ0v) is 19.6. The largest absolute Gasteiger partial charge is 0.485 e. The van der Waals surface area contributed by atoms with Crippen molar-refractivity contribution in [3.05, 3.63) is 125 Å². The van der Waals surface area contributed by atoms with Crippen LogP contribution < -0.4 is 25.5 Å². The molecule has 7 nitrogen and oxygen atoms in total. The third kappa shape index (κ3) is 6.49. The van der Waals surface area contributed by atoms with Gasteiger partial charge in [0.25, 0.3) is 5.78 Å². The molecule has 0 saturated heterocycles. The smallest absolute Gasteiger partial charge is 0.306 e. The molecule has 7 heteroatoms. The molecule has 0 unspecified atom stereocenters. The van der Waals surface area contributed by atoms with Crippen LogP contribution in [0.1, 0.15) is 27.0 Å². The van der Waals surface area contributed by atoms with E-state index in [1.807, 2.05) is 96.4 Å². The standard InChI is InChI=1S/C29H26N2O5/c30-31-29(33)27(32)24-16-25(34-18-21-10-4-1-5-11-21)28(36-20-23-14-8-3-9-15-23)26(17-24)35-19-22-12-6-2-7-13-22/h1-17H,18-20,30H2,(H,31,33). The average molecular weight is 483 g/mol. The summed E-state index contributed by atoms with van der Waals surface area (Å²) in [6.07, 6.45) is 0. The maximum atomic E-state index is 12.7. The number of benzene rings is 4. The van der Waals surface area contributed by atoms with Gasteiger partial charge >= 0.3 is 5.91 Å². The fourth-order valence-corrected chi connectivity index (χ4v) is 3.46. The van der Waals surface area contributed by atoms with Gasteiger partial charge in [0.2, 0.25) is 5.75 Å². The summed E-state index contributed by atoms with van der Waals surface area (Å²) in [5.41, 5.74) is 4.74. The molecule has 0 aliphatic carbocycles. The predicted octanol–water partition coefficient (Wildman–Crippen LogP) is 4.60. The molecular formula is C29H26N2O5. The Bertz CT molecular complexity index is 1230. The number of carbonyl (C=O) groups excluding carboxylic acids is 2. The third-order valence-corrected chi connectivity index (χ3v) is 5.32. The summed E-state index contributed by atoms with van der Waals surface area (Å²) in [6, 6.07) is 31.8. The zero-order valence-electron chi connectivity index (χ0n) is 19.6. The fraction of sp³-hybridized carbons (Fsp3) is 0.103. The van der Waals surface area contributed by atoms with E-state index in [4.69, 9.17) is 20.1 Å². The number of hydrazine groups is 1. The van der Waals surface area contributed by atoms with Gasteiger partial charge in [-0.25, -0.2) is 5.84 Å². The first kappa shape index (κ1) is 24.5. The van der Waals surface area contributed by atoms with Crippen molar-refractivity contribution in [3.63, 3.8) is 0 Å². The first-order chi connectivity index (χ1) is 17.6. The van der Waals surface area contributed by atoms with Crippen molar-refractivity contribution >= 4 is 11.7 Å². The van der Waals surface area contributed by atoms with Crippen LogP contribution in [0.2, 0.25) is 0 Å². The molecule has 0 fully saturated rings. The van der Waals surface area contributed by atoms with E-state index in [1.54, 1.807) is 0 Å². The van der Waals surface area contributed by atoms with Gasteiger partial charge in [0.15, 0.2) is 11.5 Å². The summed E-state index contributed by atoms with van der Waals surface area (Å²) < 4.78 is 18.3. The molecule has 0 aliphatic rings. The minimum Gasteiger partial charge on any atom is -0.485 e. The number of ketones is 1. The number of nitrogens with two attached hydrogens (primary N) is 1. The molecule has 0 radical (unpaired) electrons. The Hall–Kier alpha value is -4.62. The summed E-state index contributed by atoms with van der Waals surface area (Å²) in [5.74, 6) is 4.30. The molecule has 0 bridgehead atoms. The second-order valence-corrected chi connectivity index (χ2v) is 7.93. The molecule has 0 heterocycles. The van der Waals surface area contributed by atoms with Gasteiger partial charge in [0.1, 0.15) is 19.8 Å². The van der Waals surface area contributed by atoms with Crippen molar-refractivity contribution in [2.24, 2.45) is 5.84 Å². The lowest BCUT2D eigenvalue weighted by atomic mass is 10.1. The van der Waals surface area contributed by atoms with Crippen LogP contribution >= 0.6 is 0 Å². The van der Waals surface area contributed by atoms with Crippen molar-refractivity contribution in [1.29, 1.82) is 0 Å². The van der Waals surface area contributed by atoms with Crippen LogP contribution in [0.15, 0.2) is 103 Å². The Labute approximate surface area is 209 Å². The number of nitrogens with one attached hydrogen (secondary N) is 1. The number of Topliss-reactive ketones (excluding diaryl/α,β-unsaturated/α-hetero) is 1. The molecule has 3 N–H and O–H groups in total. The molecule has 182 valence electrons. The number of carbonyl (C=O) groups is 2. The quantitative estimate of drug-likeness (QED) is 0.107. The van der Waals surface area contributed by atoms with Crippen molar-refractivity contribution in [2.45, 2.75) is 19.8 Å². The van der Waals surface area contributed by atoms with Crippen LogP contribution in [-0.4, -0.2) is 11.7 Å². The van der Waals surface area contributed by atoms with Gasteiger partial charge in [-0.05, 0) is 28.8 Å². The molecule has 4 aromatic carbocycles. The molecule has 0 atom stereocenters. The lowest BCUT2D eigenvalue weighted by Crippen LogP contribution is -2.36. The molecule has 0 aliphatic heterocycles. The van der Waals surface area contributed by atoms with E-state index >= 15 is 0 Å². The Morgan fingerprint density at radius 1 is 0.611 bits per heavy atom. The summed E-state index contributed by atoms with van der Waals surface area (Å²) in [7, 11) is 0. The maximum absolute atomic E-state index is 12.7. The summed E-state index contributed by atoms with van der Waals surface area (Å²) >= 11 is 0. The molecule has 36 heavy (non-hydrogen) atoms. The highest BCUT2D eigenvalue weighted by Crippen LogP contribution is 2.40. The van der Waals surface area contributed by atoms with Gasteiger partial charge < -0.3 is 14.2 Å². The molecule has 1 amide bonds. The minimum absolute atomic E-state index is 0.0659. The van der Waals surface area contributed by atoms with Gasteiger partial charge in [0, 0.05) is 5.56 Å². The van der Waals surface area contributed by atoms with E-state index < -0.39 is 11.7 Å². The number of hydrogen-bond donors (Lipinski definition) is 2. The van der Waals surface area contributed by atoms with Crippen LogP contribution in [0.25, 0.3) is 0 Å². The maximum Gasteiger partial charge on any atom is 0.306 e. The Morgan fingerprint density at radius 2 is 1.00 bits per heavy atom. The van der Waals surface area contributed by atoms with Crippen LogP contribution in [0.3, 0.4) is 0 Å². The van der Waals surface area contributed by atoms with Crippen LogP contribution in [0.5, 0.6) is 17.2 Å². The van der Waals surface area contributed by atoms with E-state index in [0.29, 0.717) is 5.75 Å². The van der Waals surface area contributed by atoms with Crippen LogP contribution in [0.4, 0.5) is 0 Å². The highest BCUT2D eigenvalue weighted by molar-refractivity contribution is 6.42. The molecule has 4 rings (SSSR count). The molecule has 4 aromatic rings. The first-order valence-corrected chi connectivity index (χ1v) is 11.4. The number of hydrogen-bond acceptors (Lipinski definition) is 6. The molecule has 0 saturated carbocycles. The van der Waals surface area contributed by atoms with Gasteiger partial charge in [-0.15, -0.1) is 0 Å². The third-order valence-electron chi connectivity index (χ3n) is 5.32. The SMILES string of the molecule is NNC(=O)C(=O)c1cc(OCc2ccccc2)c(OCc2ccccc2)c(OCc2ccccc2)c1. The highest BCUT2D eigenvalue weighted by Gasteiger charge is 2.23. The van der Waals surface area contributed by atoms with Gasteiger partial charge in [-0.3, -0.25) is 15.0 Å². The Kier molecular flexibility index (Phi) is 8.30. The lowest BCUT2D eigenvalue weighted by molar-refractivity contribution is -0.117. The van der Waals surface area contributed by atoms with Crippen LogP contribution in [-0.2, 0) is 24.6 Å². The number of amides is 1. The Morgan fingerprint density at radius 3 is 1.39 bits per heavy atom. The van der Waals surface area contributed by atoms with E-state index in [0.717, 1.165) is 16.7 Å². The minimum atomic E-state index is -0.948. The average Bonchev–Trinajstić information content (AvgIpc) is 2.94. The lowest BCUT2D eigenvalue weighted by Gasteiger charge is -2.19. The second-order valence-electron chi connectivity index (χ2n) is 7.93. The number of ether oxygens (including phenoxy) is 3. The Balaban J connectivity index is 1.71. The molecular weight excluding hydrogens is 456 g/mol. The van der Waals surface area contributed by atoms with Crippen molar-refractivity contribution in [3.8, 4) is 17.2 Å². The first-order valence-electron chi connectivity index (χ1n) is 11.4. The monoisotopic (exact) mass is 482 g/mol. The van der Waals surface area contributed by atoms with E-state index in [1.165, 1.54) is 12.1 Å². The van der Waals surface area contributed by atoms with E-state index in [-0.39, 0.29) is 36.9 Å². The number of rotatable bonds is 11. The van der Waals surface area contributed by atoms with Crippen molar-refractivity contribution in [2.75, 3.05) is 0 Å². The van der Waals surface area contributed by atoms with E-state index in [9.17, 15) is 9.59 Å². The second kappa shape index (κ2) is 12.2. The summed E-state index contributed by atoms with van der Waals surface area (Å²) in [5, 5.41) is 0.